The molecule has 1 aliphatic carbocycles. The lowest BCUT2D eigenvalue weighted by Crippen LogP contribution is -2.40. The van der Waals surface area contributed by atoms with E-state index in [1.165, 1.54) is 4.70 Å². The number of pyridine rings is 1. The second-order valence-corrected chi connectivity index (χ2v) is 9.79. The van der Waals surface area contributed by atoms with Crippen LogP contribution in [-0.4, -0.2) is 38.6 Å². The Labute approximate surface area is 195 Å². The predicted octanol–water partition coefficient (Wildman–Crippen LogP) is 4.30. The zero-order valence-corrected chi connectivity index (χ0v) is 19.5. The third kappa shape index (κ3) is 3.77. The van der Waals surface area contributed by atoms with Crippen molar-refractivity contribution in [3.8, 4) is 11.6 Å². The summed E-state index contributed by atoms with van der Waals surface area (Å²) in [5, 5.41) is 1.07. The molecule has 1 aliphatic heterocycles. The second kappa shape index (κ2) is 7.93. The molecule has 0 saturated heterocycles. The Hall–Kier alpha value is -3.30. The molecule has 4 heterocycles. The van der Waals surface area contributed by atoms with Gasteiger partial charge in [0.05, 0.1) is 34.4 Å². The van der Waals surface area contributed by atoms with Crippen LogP contribution in [0.4, 0.5) is 0 Å². The smallest absolute Gasteiger partial charge is 0.238 e. The summed E-state index contributed by atoms with van der Waals surface area (Å²) in [6, 6.07) is 10.2. The van der Waals surface area contributed by atoms with E-state index in [-0.39, 0.29) is 12.1 Å². The fourth-order valence-corrected chi connectivity index (χ4v) is 5.10. The Morgan fingerprint density at radius 3 is 2.79 bits per heavy atom. The lowest BCUT2D eigenvalue weighted by atomic mass is 9.97. The standard InChI is InChI=1S/C24H24N6O2S/c1-13-11-30(12-25-13)19-8-7-17(27-24(19)31-3)23-28-21(22(32-29-23)15-4-5-15)16-6-9-20-18(10-16)26-14(2)33-20/h6-12,15,21-22H,4-5H2,1-3H3,(H,28,29)/t21-,22+/m1/s1. The molecule has 2 atom stereocenters. The zero-order chi connectivity index (χ0) is 22.5. The molecule has 33 heavy (non-hydrogen) atoms. The van der Waals surface area contributed by atoms with Crippen LogP contribution >= 0.6 is 11.3 Å². The average molecular weight is 461 g/mol. The van der Waals surface area contributed by atoms with Gasteiger partial charge in [0.2, 0.25) is 5.88 Å². The number of benzene rings is 1. The molecule has 1 saturated carbocycles. The van der Waals surface area contributed by atoms with E-state index < -0.39 is 0 Å². The minimum absolute atomic E-state index is 0.0129. The minimum Gasteiger partial charge on any atom is -0.479 e. The van der Waals surface area contributed by atoms with Crippen LogP contribution in [-0.2, 0) is 4.84 Å². The van der Waals surface area contributed by atoms with E-state index in [1.54, 1.807) is 24.8 Å². The summed E-state index contributed by atoms with van der Waals surface area (Å²) in [6.07, 6.45) is 6.00. The molecule has 2 aliphatic rings. The Bertz CT molecular complexity index is 1370. The van der Waals surface area contributed by atoms with Crippen molar-refractivity contribution in [1.82, 2.24) is 25.0 Å². The fraction of sp³-hybridized carbons (Fsp3) is 0.333. The molecule has 0 amide bonds. The lowest BCUT2D eigenvalue weighted by Gasteiger charge is -2.30. The summed E-state index contributed by atoms with van der Waals surface area (Å²) in [5.41, 5.74) is 7.59. The number of hydrogen-bond donors (Lipinski definition) is 1. The number of aromatic nitrogens is 4. The predicted molar refractivity (Wildman–Crippen MR) is 127 cm³/mol. The highest BCUT2D eigenvalue weighted by Gasteiger charge is 2.41. The number of imidazole rings is 1. The first-order valence-corrected chi connectivity index (χ1v) is 11.8. The van der Waals surface area contributed by atoms with E-state index in [4.69, 9.17) is 19.6 Å². The van der Waals surface area contributed by atoms with Crippen molar-refractivity contribution in [3.63, 3.8) is 0 Å². The van der Waals surface area contributed by atoms with E-state index in [9.17, 15) is 0 Å². The van der Waals surface area contributed by atoms with Crippen molar-refractivity contribution in [2.45, 2.75) is 38.8 Å². The number of thiazole rings is 1. The van der Waals surface area contributed by atoms with Crippen LogP contribution in [0.1, 0.15) is 40.8 Å². The number of fused-ring (bicyclic) bond motifs is 1. The number of nitrogens with one attached hydrogen (secondary N) is 1. The first-order chi connectivity index (χ1) is 16.1. The van der Waals surface area contributed by atoms with Crippen LogP contribution in [0.15, 0.2) is 47.8 Å². The van der Waals surface area contributed by atoms with E-state index in [0.717, 1.165) is 40.3 Å². The number of amidine groups is 1. The highest BCUT2D eigenvalue weighted by atomic mass is 32.1. The normalized spacial score (nSPS) is 20.5. The lowest BCUT2D eigenvalue weighted by molar-refractivity contribution is -0.0292. The van der Waals surface area contributed by atoms with Crippen LogP contribution < -0.4 is 10.2 Å². The van der Waals surface area contributed by atoms with Crippen molar-refractivity contribution < 1.29 is 9.57 Å². The monoisotopic (exact) mass is 460 g/mol. The van der Waals surface area contributed by atoms with E-state index in [2.05, 4.69) is 33.6 Å². The highest BCUT2D eigenvalue weighted by Crippen LogP contribution is 2.43. The molecule has 9 heteroatoms. The van der Waals surface area contributed by atoms with Gasteiger partial charge >= 0.3 is 0 Å². The van der Waals surface area contributed by atoms with E-state index in [1.807, 2.05) is 36.7 Å². The quantitative estimate of drug-likeness (QED) is 0.478. The third-order valence-electron chi connectivity index (χ3n) is 6.08. The van der Waals surface area contributed by atoms with Crippen LogP contribution in [0.25, 0.3) is 15.9 Å². The van der Waals surface area contributed by atoms with Gasteiger partial charge in [-0.25, -0.2) is 20.4 Å². The summed E-state index contributed by atoms with van der Waals surface area (Å²) in [7, 11) is 1.61. The molecule has 1 aromatic carbocycles. The summed E-state index contributed by atoms with van der Waals surface area (Å²) in [5.74, 6) is 1.60. The molecule has 0 spiro atoms. The molecule has 1 fully saturated rings. The molecule has 168 valence electrons. The number of aliphatic imine (C=N–C) groups is 1. The number of methoxy groups -OCH3 is 1. The highest BCUT2D eigenvalue weighted by molar-refractivity contribution is 7.18. The van der Waals surface area contributed by atoms with Gasteiger partial charge in [-0.3, -0.25) is 9.83 Å². The van der Waals surface area contributed by atoms with Crippen molar-refractivity contribution in [1.29, 1.82) is 0 Å². The van der Waals surface area contributed by atoms with Gasteiger partial charge in [-0.2, -0.15) is 0 Å². The van der Waals surface area contributed by atoms with Gasteiger partial charge < -0.3 is 9.30 Å². The summed E-state index contributed by atoms with van der Waals surface area (Å²) < 4.78 is 8.67. The molecule has 8 nitrogen and oxygen atoms in total. The average Bonchev–Trinajstić information content (AvgIpc) is 3.48. The minimum atomic E-state index is -0.121. The van der Waals surface area contributed by atoms with Gasteiger partial charge in [0.15, 0.2) is 5.84 Å². The molecule has 0 bridgehead atoms. The number of nitrogens with zero attached hydrogens (tertiary/aromatic N) is 5. The fourth-order valence-electron chi connectivity index (χ4n) is 4.30. The first-order valence-electron chi connectivity index (χ1n) is 11.0. The van der Waals surface area contributed by atoms with Gasteiger partial charge in [0.1, 0.15) is 23.5 Å². The summed E-state index contributed by atoms with van der Waals surface area (Å²) in [6.45, 7) is 3.98. The van der Waals surface area contributed by atoms with Crippen LogP contribution in [0.5, 0.6) is 5.88 Å². The topological polar surface area (TPSA) is 86.5 Å². The molecule has 4 aromatic rings. The Morgan fingerprint density at radius 1 is 1.15 bits per heavy atom. The van der Waals surface area contributed by atoms with Crippen molar-refractivity contribution in [3.05, 3.63) is 64.8 Å². The number of rotatable bonds is 5. The number of ether oxygens (including phenoxy) is 1. The second-order valence-electron chi connectivity index (χ2n) is 8.55. The Morgan fingerprint density at radius 2 is 2.03 bits per heavy atom. The van der Waals surface area contributed by atoms with E-state index >= 15 is 0 Å². The Kier molecular flexibility index (Phi) is 4.88. The number of hydrogen-bond acceptors (Lipinski definition) is 8. The number of hydroxylamine groups is 1. The van der Waals surface area contributed by atoms with Gasteiger partial charge in [0.25, 0.3) is 0 Å². The molecular formula is C24H24N6O2S. The third-order valence-corrected chi connectivity index (χ3v) is 7.04. The largest absolute Gasteiger partial charge is 0.479 e. The van der Waals surface area contributed by atoms with Crippen molar-refractivity contribution in [2.75, 3.05) is 7.11 Å². The molecule has 1 N–H and O–H groups in total. The van der Waals surface area contributed by atoms with Gasteiger partial charge in [-0.15, -0.1) is 11.3 Å². The van der Waals surface area contributed by atoms with Crippen LogP contribution in [0, 0.1) is 19.8 Å². The SMILES string of the molecule is COc1nc(C2=N[C@H](c3ccc4sc(C)nc4c3)[C@H](C3CC3)ON2)ccc1-n1cnc(C)c1. The summed E-state index contributed by atoms with van der Waals surface area (Å²) in [4.78, 5) is 24.9. The summed E-state index contributed by atoms with van der Waals surface area (Å²) >= 11 is 1.71. The zero-order valence-electron chi connectivity index (χ0n) is 18.6. The molecule has 6 rings (SSSR count). The maximum absolute atomic E-state index is 6.15. The van der Waals surface area contributed by atoms with Crippen molar-refractivity contribution >= 4 is 27.4 Å². The van der Waals surface area contributed by atoms with Crippen LogP contribution in [0.3, 0.4) is 0 Å². The first kappa shape index (κ1) is 20.3. The molecule has 3 aromatic heterocycles. The van der Waals surface area contributed by atoms with Gasteiger partial charge in [0, 0.05) is 6.20 Å². The van der Waals surface area contributed by atoms with Crippen LogP contribution in [0.2, 0.25) is 0 Å². The van der Waals surface area contributed by atoms with Gasteiger partial charge in [-0.05, 0) is 62.4 Å². The van der Waals surface area contributed by atoms with E-state index in [0.29, 0.717) is 23.3 Å². The van der Waals surface area contributed by atoms with Crippen molar-refractivity contribution in [2.24, 2.45) is 10.9 Å². The maximum atomic E-state index is 6.15. The maximum Gasteiger partial charge on any atom is 0.238 e. The molecule has 0 unspecified atom stereocenters. The van der Waals surface area contributed by atoms with Gasteiger partial charge in [-0.1, -0.05) is 6.07 Å². The molecular weight excluding hydrogens is 436 g/mol. The number of aryl methyl sites for hydroxylation is 2. The Balaban J connectivity index is 1.39. The molecule has 0 radical (unpaired) electrons.